The van der Waals surface area contributed by atoms with Gasteiger partial charge in [-0.1, -0.05) is 26.2 Å². The van der Waals surface area contributed by atoms with Gasteiger partial charge in [0, 0.05) is 44.0 Å². The van der Waals surface area contributed by atoms with Gasteiger partial charge in [0.05, 0.1) is 12.0 Å². The molecule has 3 heterocycles. The molecule has 4 fully saturated rings. The van der Waals surface area contributed by atoms with Crippen molar-refractivity contribution in [1.82, 2.24) is 9.80 Å². The second-order valence-corrected chi connectivity index (χ2v) is 10.8. The van der Waals surface area contributed by atoms with E-state index in [1.807, 2.05) is 12.1 Å². The van der Waals surface area contributed by atoms with Crippen LogP contribution in [0.5, 0.6) is 0 Å². The van der Waals surface area contributed by atoms with E-state index in [4.69, 9.17) is 16.2 Å². The van der Waals surface area contributed by atoms with E-state index in [1.54, 1.807) is 11.0 Å². The topological polar surface area (TPSA) is 122 Å². The number of likely N-dealkylation sites (tertiary alicyclic amines) is 1. The lowest BCUT2D eigenvalue weighted by Gasteiger charge is -2.37. The number of ketones is 1. The minimum atomic E-state index is -0.638. The average Bonchev–Trinajstić information content (AvgIpc) is 3.45. The number of anilines is 1. The van der Waals surface area contributed by atoms with Gasteiger partial charge < -0.3 is 30.9 Å². The van der Waals surface area contributed by atoms with Gasteiger partial charge in [0.1, 0.15) is 18.8 Å². The maximum atomic E-state index is 14.3. The Bertz CT molecular complexity index is 1000. The highest BCUT2D eigenvalue weighted by Gasteiger charge is 2.53. The first kappa shape index (κ1) is 25.2. The van der Waals surface area contributed by atoms with Crippen molar-refractivity contribution in [2.75, 3.05) is 50.8 Å². The molecule has 3 aliphatic heterocycles. The Labute approximate surface area is 213 Å². The van der Waals surface area contributed by atoms with Crippen LogP contribution >= 0.6 is 0 Å². The zero-order valence-electron chi connectivity index (χ0n) is 21.2. The van der Waals surface area contributed by atoms with Crippen molar-refractivity contribution in [2.24, 2.45) is 17.4 Å². The van der Waals surface area contributed by atoms with Crippen molar-refractivity contribution < 1.29 is 19.1 Å². The normalized spacial score (nSPS) is 28.4. The molecule has 0 radical (unpaired) electrons. The molecular weight excluding hydrogens is 458 g/mol. The maximum Gasteiger partial charge on any atom is 0.249 e. The summed E-state index contributed by atoms with van der Waals surface area (Å²) in [6, 6.07) is 4.71. The summed E-state index contributed by atoms with van der Waals surface area (Å²) >= 11 is 0. The van der Waals surface area contributed by atoms with Crippen LogP contribution < -0.4 is 16.4 Å². The van der Waals surface area contributed by atoms with E-state index >= 15 is 0 Å². The first-order valence-electron chi connectivity index (χ1n) is 13.5. The molecule has 2 amide bonds. The van der Waals surface area contributed by atoms with E-state index in [-0.39, 0.29) is 30.8 Å². The minimum absolute atomic E-state index is 0.00727. The number of nitrogens with two attached hydrogens (primary N) is 2. The summed E-state index contributed by atoms with van der Waals surface area (Å²) < 4.78 is 5.64. The van der Waals surface area contributed by atoms with Crippen LogP contribution in [0.25, 0.3) is 0 Å². The van der Waals surface area contributed by atoms with Crippen molar-refractivity contribution in [1.29, 1.82) is 0 Å². The lowest BCUT2D eigenvalue weighted by Crippen LogP contribution is -2.47. The second-order valence-electron chi connectivity index (χ2n) is 10.8. The van der Waals surface area contributed by atoms with Crippen LogP contribution in [0.15, 0.2) is 18.2 Å². The lowest BCUT2D eigenvalue weighted by atomic mass is 9.74. The van der Waals surface area contributed by atoms with Gasteiger partial charge in [-0.3, -0.25) is 14.4 Å². The van der Waals surface area contributed by atoms with Gasteiger partial charge in [-0.25, -0.2) is 0 Å². The van der Waals surface area contributed by atoms with E-state index in [9.17, 15) is 14.4 Å². The highest BCUT2D eigenvalue weighted by atomic mass is 16.5. The summed E-state index contributed by atoms with van der Waals surface area (Å²) in [5, 5.41) is 0. The molecule has 5 rings (SSSR count). The van der Waals surface area contributed by atoms with E-state index in [1.165, 1.54) is 0 Å². The number of nitrogens with zero attached hydrogens (tertiary/aromatic N) is 3. The van der Waals surface area contributed by atoms with Crippen LogP contribution in [0.3, 0.4) is 0 Å². The number of carbonyl (C=O) groups is 3. The van der Waals surface area contributed by atoms with E-state index in [2.05, 4.69) is 16.7 Å². The predicted molar refractivity (Wildman–Crippen MR) is 137 cm³/mol. The Morgan fingerprint density at radius 3 is 2.50 bits per heavy atom. The highest BCUT2D eigenvalue weighted by Crippen LogP contribution is 2.41. The smallest absolute Gasteiger partial charge is 0.249 e. The SMILES string of the molecule is CCN1CCN(c2ccc(C(N)=O)c([C@@H](C(=O)N3C[C@@H](N)[C@H]4OCC(=O)[C@H]43)C3CCCCC3)c2)CC1. The average molecular weight is 498 g/mol. The fraction of sp³-hybridized carbons (Fsp3) is 0.667. The standard InChI is InChI=1S/C27H39N5O4/c1-2-30-10-12-31(13-11-30)18-8-9-19(26(29)34)20(14-18)23(17-6-4-3-5-7-17)27(35)32-15-21(28)25-24(32)22(33)16-36-25/h8-9,14,17,21,23-25H,2-7,10-13,15-16,28H2,1H3,(H2,29,34)/t21-,23+,24-,25-/m1/s1. The molecule has 3 saturated heterocycles. The van der Waals surface area contributed by atoms with Crippen LogP contribution in [0, 0.1) is 5.92 Å². The van der Waals surface area contributed by atoms with Crippen molar-refractivity contribution in [3.05, 3.63) is 29.3 Å². The third-order valence-electron chi connectivity index (χ3n) is 8.72. The zero-order chi connectivity index (χ0) is 25.4. The Hall–Kier alpha value is -2.49. The van der Waals surface area contributed by atoms with Crippen LogP contribution in [-0.4, -0.2) is 91.5 Å². The Morgan fingerprint density at radius 2 is 1.83 bits per heavy atom. The monoisotopic (exact) mass is 497 g/mol. The number of primary amides is 1. The van der Waals surface area contributed by atoms with Crippen LogP contribution in [0.4, 0.5) is 5.69 Å². The lowest BCUT2D eigenvalue weighted by molar-refractivity contribution is -0.139. The molecule has 1 saturated carbocycles. The fourth-order valence-corrected chi connectivity index (χ4v) is 6.70. The van der Waals surface area contributed by atoms with E-state index in [0.29, 0.717) is 11.1 Å². The molecular formula is C27H39N5O4. The summed E-state index contributed by atoms with van der Waals surface area (Å²) in [5.74, 6) is -1.20. The number of Topliss-reactive ketones (excluding diaryl/α,β-unsaturated/α-hetero) is 1. The number of fused-ring (bicyclic) bond motifs is 1. The number of hydrogen-bond acceptors (Lipinski definition) is 7. The molecule has 0 aromatic heterocycles. The van der Waals surface area contributed by atoms with Gasteiger partial charge in [0.25, 0.3) is 0 Å². The summed E-state index contributed by atoms with van der Waals surface area (Å²) in [5.41, 5.74) is 14.2. The number of ether oxygens (including phenoxy) is 1. The van der Waals surface area contributed by atoms with Crippen molar-refractivity contribution in [2.45, 2.75) is 63.1 Å². The number of rotatable bonds is 6. The van der Waals surface area contributed by atoms with Gasteiger partial charge in [-0.15, -0.1) is 0 Å². The molecule has 1 aromatic rings. The number of amides is 2. The molecule has 9 nitrogen and oxygen atoms in total. The van der Waals surface area contributed by atoms with E-state index < -0.39 is 30.0 Å². The molecule has 1 aliphatic carbocycles. The number of benzene rings is 1. The number of likely N-dealkylation sites (N-methyl/N-ethyl adjacent to an activating group) is 1. The van der Waals surface area contributed by atoms with Crippen LogP contribution in [0.2, 0.25) is 0 Å². The molecule has 0 bridgehead atoms. The second kappa shape index (κ2) is 10.5. The molecule has 0 spiro atoms. The molecule has 36 heavy (non-hydrogen) atoms. The first-order valence-corrected chi connectivity index (χ1v) is 13.5. The number of carbonyl (C=O) groups excluding carboxylic acids is 3. The highest BCUT2D eigenvalue weighted by molar-refractivity contribution is 5.99. The van der Waals surface area contributed by atoms with Crippen LogP contribution in [0.1, 0.15) is 60.9 Å². The molecule has 9 heteroatoms. The Morgan fingerprint density at radius 1 is 1.11 bits per heavy atom. The Balaban J connectivity index is 1.52. The number of hydrogen-bond donors (Lipinski definition) is 2. The molecule has 1 aromatic carbocycles. The third-order valence-corrected chi connectivity index (χ3v) is 8.72. The summed E-state index contributed by atoms with van der Waals surface area (Å²) in [7, 11) is 0. The summed E-state index contributed by atoms with van der Waals surface area (Å²) in [4.78, 5) is 46.0. The van der Waals surface area contributed by atoms with Crippen molar-refractivity contribution in [3.8, 4) is 0 Å². The molecule has 196 valence electrons. The molecule has 0 unspecified atom stereocenters. The summed E-state index contributed by atoms with van der Waals surface area (Å²) in [6.45, 7) is 7.21. The third kappa shape index (κ3) is 4.64. The largest absolute Gasteiger partial charge is 0.369 e. The van der Waals surface area contributed by atoms with E-state index in [0.717, 1.165) is 70.5 Å². The van der Waals surface area contributed by atoms with Gasteiger partial charge in [0.15, 0.2) is 5.78 Å². The molecule has 4 atom stereocenters. The van der Waals surface area contributed by atoms with Crippen LogP contribution in [-0.2, 0) is 14.3 Å². The molecule has 4 N–H and O–H groups in total. The van der Waals surface area contributed by atoms with Gasteiger partial charge in [-0.05, 0) is 49.1 Å². The number of piperazine rings is 1. The first-order chi connectivity index (χ1) is 17.4. The molecule has 4 aliphatic rings. The minimum Gasteiger partial charge on any atom is -0.369 e. The predicted octanol–water partition coefficient (Wildman–Crippen LogP) is 1.10. The maximum absolute atomic E-state index is 14.3. The van der Waals surface area contributed by atoms with Crippen molar-refractivity contribution >= 4 is 23.3 Å². The van der Waals surface area contributed by atoms with Gasteiger partial charge in [0.2, 0.25) is 11.8 Å². The summed E-state index contributed by atoms with van der Waals surface area (Å²) in [6.07, 6.45) is 4.61. The quantitative estimate of drug-likeness (QED) is 0.603. The fourth-order valence-electron chi connectivity index (χ4n) is 6.70. The van der Waals surface area contributed by atoms with Crippen molar-refractivity contribution in [3.63, 3.8) is 0 Å². The van der Waals surface area contributed by atoms with Gasteiger partial charge in [-0.2, -0.15) is 0 Å². The zero-order valence-corrected chi connectivity index (χ0v) is 21.2. The Kier molecular flexibility index (Phi) is 7.32. The van der Waals surface area contributed by atoms with Gasteiger partial charge >= 0.3 is 0 Å².